The molecule has 5 nitrogen and oxygen atoms in total. The van der Waals surface area contributed by atoms with Gasteiger partial charge in [-0.05, 0) is 56.6 Å². The average molecular weight is 297 g/mol. The molecule has 1 saturated heterocycles. The van der Waals surface area contributed by atoms with Crippen LogP contribution in [0.15, 0.2) is 23.1 Å². The number of carboxylic acid groups (broad SMARTS) is 1. The van der Waals surface area contributed by atoms with Gasteiger partial charge in [0.1, 0.15) is 0 Å². The summed E-state index contributed by atoms with van der Waals surface area (Å²) >= 11 is 0. The van der Waals surface area contributed by atoms with E-state index in [9.17, 15) is 13.2 Å². The third-order valence-corrected chi connectivity index (χ3v) is 4.96. The highest BCUT2D eigenvalue weighted by Crippen LogP contribution is 2.30. The monoisotopic (exact) mass is 297 g/mol. The highest BCUT2D eigenvalue weighted by atomic mass is 32.2. The Hall–Kier alpha value is -1.40. The molecule has 1 aromatic rings. The van der Waals surface area contributed by atoms with E-state index in [1.165, 1.54) is 12.1 Å². The molecule has 20 heavy (non-hydrogen) atoms. The van der Waals surface area contributed by atoms with Crippen molar-refractivity contribution in [3.05, 3.63) is 29.3 Å². The zero-order valence-electron chi connectivity index (χ0n) is 11.7. The van der Waals surface area contributed by atoms with Crippen molar-refractivity contribution in [1.82, 2.24) is 4.90 Å². The quantitative estimate of drug-likeness (QED) is 0.917. The first-order valence-electron chi connectivity index (χ1n) is 6.55. The second-order valence-corrected chi connectivity index (χ2v) is 7.39. The number of carboxylic acids is 1. The molecule has 0 bridgehead atoms. The van der Waals surface area contributed by atoms with Crippen LogP contribution >= 0.6 is 0 Å². The van der Waals surface area contributed by atoms with Gasteiger partial charge in [0, 0.05) is 6.26 Å². The molecule has 1 fully saturated rings. The third-order valence-electron chi connectivity index (χ3n) is 3.83. The van der Waals surface area contributed by atoms with Gasteiger partial charge in [0.2, 0.25) is 0 Å². The predicted octanol–water partition coefficient (Wildman–Crippen LogP) is 1.60. The summed E-state index contributed by atoms with van der Waals surface area (Å²) in [5.41, 5.74) is 0.771. The SMILES string of the molecule is CN1CCC(c2ccc(C(=O)O)c(S(C)(=O)=O)c2)CC1. The average Bonchev–Trinajstić information content (AvgIpc) is 2.38. The van der Waals surface area contributed by atoms with E-state index in [2.05, 4.69) is 11.9 Å². The Balaban J connectivity index is 2.40. The van der Waals surface area contributed by atoms with Crippen LogP contribution in [0.5, 0.6) is 0 Å². The summed E-state index contributed by atoms with van der Waals surface area (Å²) in [5, 5.41) is 9.09. The van der Waals surface area contributed by atoms with Gasteiger partial charge in [-0.3, -0.25) is 0 Å². The fourth-order valence-corrected chi connectivity index (χ4v) is 3.52. The number of hydrogen-bond acceptors (Lipinski definition) is 4. The van der Waals surface area contributed by atoms with E-state index in [4.69, 9.17) is 5.11 Å². The second-order valence-electron chi connectivity index (χ2n) is 5.41. The maximum absolute atomic E-state index is 11.8. The highest BCUT2D eigenvalue weighted by Gasteiger charge is 2.23. The van der Waals surface area contributed by atoms with Gasteiger partial charge in [-0.25, -0.2) is 13.2 Å². The summed E-state index contributed by atoms with van der Waals surface area (Å²) in [6.45, 7) is 1.94. The minimum absolute atomic E-state index is 0.0820. The molecule has 1 heterocycles. The van der Waals surface area contributed by atoms with E-state index in [0.29, 0.717) is 5.92 Å². The second kappa shape index (κ2) is 5.54. The summed E-state index contributed by atoms with van der Waals surface area (Å²) in [6.07, 6.45) is 2.98. The standard InChI is InChI=1S/C14H19NO4S/c1-15-7-5-10(6-8-15)11-3-4-12(14(16)17)13(9-11)20(2,18)19/h3-4,9-10H,5-8H2,1-2H3,(H,16,17). The van der Waals surface area contributed by atoms with Crippen LogP contribution in [0.3, 0.4) is 0 Å². The molecule has 110 valence electrons. The molecule has 1 aliphatic heterocycles. The third kappa shape index (κ3) is 3.19. The molecular formula is C14H19NO4S. The number of sulfone groups is 1. The van der Waals surface area contributed by atoms with Crippen molar-refractivity contribution in [2.45, 2.75) is 23.7 Å². The van der Waals surface area contributed by atoms with Gasteiger partial charge in [-0.1, -0.05) is 6.07 Å². The molecule has 1 aliphatic rings. The summed E-state index contributed by atoms with van der Waals surface area (Å²) in [6, 6.07) is 4.69. The van der Waals surface area contributed by atoms with Crippen LogP contribution < -0.4 is 0 Å². The molecular weight excluding hydrogens is 278 g/mol. The molecule has 6 heteroatoms. The summed E-state index contributed by atoms with van der Waals surface area (Å²) < 4.78 is 23.5. The maximum atomic E-state index is 11.8. The fraction of sp³-hybridized carbons (Fsp3) is 0.500. The minimum Gasteiger partial charge on any atom is -0.478 e. The molecule has 0 aliphatic carbocycles. The maximum Gasteiger partial charge on any atom is 0.337 e. The summed E-state index contributed by atoms with van der Waals surface area (Å²) in [7, 11) is -1.48. The van der Waals surface area contributed by atoms with Gasteiger partial charge in [-0.15, -0.1) is 0 Å². The van der Waals surface area contributed by atoms with Gasteiger partial charge in [0.05, 0.1) is 10.5 Å². The number of likely N-dealkylation sites (tertiary alicyclic amines) is 1. The van der Waals surface area contributed by atoms with Crippen molar-refractivity contribution in [2.75, 3.05) is 26.4 Å². The Bertz CT molecular complexity index is 616. The Labute approximate surface area is 119 Å². The van der Waals surface area contributed by atoms with Crippen molar-refractivity contribution in [3.8, 4) is 0 Å². The Kier molecular flexibility index (Phi) is 4.15. The van der Waals surface area contributed by atoms with Gasteiger partial charge in [0.25, 0.3) is 0 Å². The summed E-state index contributed by atoms with van der Waals surface area (Å²) in [4.78, 5) is 13.3. The first-order valence-corrected chi connectivity index (χ1v) is 8.44. The largest absolute Gasteiger partial charge is 0.478 e. The smallest absolute Gasteiger partial charge is 0.337 e. The number of hydrogen-bond donors (Lipinski definition) is 1. The van der Waals surface area contributed by atoms with Crippen molar-refractivity contribution in [1.29, 1.82) is 0 Å². The van der Waals surface area contributed by atoms with Crippen molar-refractivity contribution < 1.29 is 18.3 Å². The summed E-state index contributed by atoms with van der Waals surface area (Å²) in [5.74, 6) is -0.908. The lowest BCUT2D eigenvalue weighted by Gasteiger charge is -2.29. The number of piperidine rings is 1. The van der Waals surface area contributed by atoms with Gasteiger partial charge < -0.3 is 10.0 Å². The molecule has 0 aromatic heterocycles. The van der Waals surface area contributed by atoms with Gasteiger partial charge in [0.15, 0.2) is 9.84 Å². The molecule has 0 radical (unpaired) electrons. The number of carbonyl (C=O) groups is 1. The van der Waals surface area contributed by atoms with Crippen molar-refractivity contribution in [2.24, 2.45) is 0 Å². The molecule has 0 spiro atoms. The number of benzene rings is 1. The van der Waals surface area contributed by atoms with Crippen molar-refractivity contribution in [3.63, 3.8) is 0 Å². The van der Waals surface area contributed by atoms with Crippen molar-refractivity contribution >= 4 is 15.8 Å². The molecule has 0 atom stereocenters. The fourth-order valence-electron chi connectivity index (χ4n) is 2.62. The Morgan fingerprint density at radius 3 is 2.40 bits per heavy atom. The molecule has 0 unspecified atom stereocenters. The molecule has 1 N–H and O–H groups in total. The molecule has 0 amide bonds. The number of aromatic carboxylic acids is 1. The first kappa shape index (κ1) is 15.0. The van der Waals surface area contributed by atoms with Crippen LogP contribution in [0.1, 0.15) is 34.7 Å². The lowest BCUT2D eigenvalue weighted by atomic mass is 9.89. The van der Waals surface area contributed by atoms with Gasteiger partial charge >= 0.3 is 5.97 Å². The van der Waals surface area contributed by atoms with E-state index < -0.39 is 15.8 Å². The van der Waals surface area contributed by atoms with Crippen LogP contribution in [0.4, 0.5) is 0 Å². The molecule has 1 aromatic carbocycles. The molecule has 2 rings (SSSR count). The number of nitrogens with zero attached hydrogens (tertiary/aromatic N) is 1. The lowest BCUT2D eigenvalue weighted by Crippen LogP contribution is -2.29. The Morgan fingerprint density at radius 1 is 1.30 bits per heavy atom. The highest BCUT2D eigenvalue weighted by molar-refractivity contribution is 7.90. The lowest BCUT2D eigenvalue weighted by molar-refractivity contribution is 0.0692. The van der Waals surface area contributed by atoms with E-state index in [1.807, 2.05) is 0 Å². The normalized spacial score (nSPS) is 18.1. The zero-order chi connectivity index (χ0) is 14.9. The number of rotatable bonds is 3. The minimum atomic E-state index is -3.54. The van der Waals surface area contributed by atoms with Crippen LogP contribution in [0, 0.1) is 0 Å². The van der Waals surface area contributed by atoms with E-state index in [-0.39, 0.29) is 10.5 Å². The van der Waals surface area contributed by atoms with Crippen LogP contribution in [-0.2, 0) is 9.84 Å². The first-order chi connectivity index (χ1) is 9.29. The van der Waals surface area contributed by atoms with E-state index in [0.717, 1.165) is 37.8 Å². The molecule has 0 saturated carbocycles. The zero-order valence-corrected chi connectivity index (χ0v) is 12.5. The van der Waals surface area contributed by atoms with E-state index >= 15 is 0 Å². The van der Waals surface area contributed by atoms with Crippen LogP contribution in [-0.4, -0.2) is 50.8 Å². The van der Waals surface area contributed by atoms with Gasteiger partial charge in [-0.2, -0.15) is 0 Å². The topological polar surface area (TPSA) is 74.7 Å². The Morgan fingerprint density at radius 2 is 1.90 bits per heavy atom. The van der Waals surface area contributed by atoms with Crippen LogP contribution in [0.2, 0.25) is 0 Å². The van der Waals surface area contributed by atoms with E-state index in [1.54, 1.807) is 6.07 Å². The predicted molar refractivity (Wildman–Crippen MR) is 76.0 cm³/mol. The van der Waals surface area contributed by atoms with Crippen LogP contribution in [0.25, 0.3) is 0 Å².